The van der Waals surface area contributed by atoms with Gasteiger partial charge in [0.25, 0.3) is 0 Å². The van der Waals surface area contributed by atoms with Gasteiger partial charge in [-0.05, 0) is 37.4 Å². The van der Waals surface area contributed by atoms with Crippen LogP contribution >= 0.6 is 12.4 Å². The largest absolute Gasteiger partial charge is 0.458 e. The Morgan fingerprint density at radius 2 is 1.81 bits per heavy atom. The first kappa shape index (κ1) is 20.6. The van der Waals surface area contributed by atoms with Crippen LogP contribution in [0.3, 0.4) is 0 Å². The molecule has 0 radical (unpaired) electrons. The highest BCUT2D eigenvalue weighted by molar-refractivity contribution is 5.85. The van der Waals surface area contributed by atoms with Crippen molar-refractivity contribution in [1.29, 1.82) is 0 Å². The number of carbonyl (C=O) groups is 1. The molecule has 7 heteroatoms. The number of ether oxygens (including phenoxy) is 1. The molecule has 150 valence electrons. The summed E-state index contributed by atoms with van der Waals surface area (Å²) in [5, 5.41) is 14.8. The van der Waals surface area contributed by atoms with Gasteiger partial charge in [-0.3, -0.25) is 9.80 Å². The Morgan fingerprint density at radius 1 is 1.15 bits per heavy atom. The van der Waals surface area contributed by atoms with Crippen LogP contribution in [0.2, 0.25) is 0 Å². The van der Waals surface area contributed by atoms with Crippen molar-refractivity contribution in [2.45, 2.75) is 24.5 Å². The van der Waals surface area contributed by atoms with Crippen molar-refractivity contribution in [3.05, 3.63) is 35.9 Å². The summed E-state index contributed by atoms with van der Waals surface area (Å²) in [5.74, 6) is -0.0656. The number of rotatable bonds is 5. The normalized spacial score (nSPS) is 30.2. The summed E-state index contributed by atoms with van der Waals surface area (Å²) in [5.41, 5.74) is -1.00. The van der Waals surface area contributed by atoms with Gasteiger partial charge in [-0.2, -0.15) is 0 Å². The second-order valence-corrected chi connectivity index (χ2v) is 7.83. The van der Waals surface area contributed by atoms with Crippen LogP contribution in [0.4, 0.5) is 0 Å². The lowest BCUT2D eigenvalue weighted by atomic mass is 9.85. The van der Waals surface area contributed by atoms with Gasteiger partial charge < -0.3 is 15.2 Å². The molecule has 0 amide bonds. The van der Waals surface area contributed by atoms with Crippen molar-refractivity contribution in [3.63, 3.8) is 0 Å². The summed E-state index contributed by atoms with van der Waals surface area (Å²) >= 11 is 0. The average Bonchev–Trinajstić information content (AvgIpc) is 2.70. The highest BCUT2D eigenvalue weighted by atomic mass is 35.5. The molecule has 0 aromatic heterocycles. The topological polar surface area (TPSA) is 65.0 Å². The second kappa shape index (κ2) is 8.88. The number of nitrogens with one attached hydrogen (secondary N) is 1. The van der Waals surface area contributed by atoms with E-state index in [0.29, 0.717) is 11.5 Å². The molecule has 0 aliphatic carbocycles. The van der Waals surface area contributed by atoms with Crippen molar-refractivity contribution in [2.75, 3.05) is 52.4 Å². The maximum atomic E-state index is 13.2. The Labute approximate surface area is 167 Å². The van der Waals surface area contributed by atoms with Crippen molar-refractivity contribution in [2.24, 2.45) is 5.92 Å². The molecule has 0 spiro atoms. The number of β-amino-alcohol motifs (C(OH)–C–C–N with tert-alkyl or cyclic N) is 1. The van der Waals surface area contributed by atoms with Crippen LogP contribution in [0.1, 0.15) is 18.4 Å². The molecule has 2 N–H and O–H groups in total. The first-order chi connectivity index (χ1) is 12.6. The molecule has 5 rings (SSSR count). The molecular formula is C20H30ClN3O3. The predicted molar refractivity (Wildman–Crippen MR) is 106 cm³/mol. The zero-order valence-corrected chi connectivity index (χ0v) is 16.5. The van der Waals surface area contributed by atoms with Crippen molar-refractivity contribution in [1.82, 2.24) is 15.1 Å². The van der Waals surface area contributed by atoms with E-state index in [1.165, 1.54) is 0 Å². The quantitative estimate of drug-likeness (QED) is 0.720. The molecule has 27 heavy (non-hydrogen) atoms. The third kappa shape index (κ3) is 4.46. The van der Waals surface area contributed by atoms with Crippen molar-refractivity contribution >= 4 is 18.4 Å². The van der Waals surface area contributed by atoms with Gasteiger partial charge in [0.1, 0.15) is 6.10 Å². The summed E-state index contributed by atoms with van der Waals surface area (Å²) in [4.78, 5) is 17.6. The third-order valence-corrected chi connectivity index (χ3v) is 6.11. The number of piperidine rings is 3. The van der Waals surface area contributed by atoms with E-state index >= 15 is 0 Å². The van der Waals surface area contributed by atoms with Crippen LogP contribution in [0.15, 0.2) is 30.3 Å². The third-order valence-electron chi connectivity index (χ3n) is 6.11. The van der Waals surface area contributed by atoms with E-state index in [0.717, 1.165) is 58.7 Å². The van der Waals surface area contributed by atoms with Crippen LogP contribution in [0, 0.1) is 5.92 Å². The molecule has 1 aromatic rings. The van der Waals surface area contributed by atoms with E-state index in [-0.39, 0.29) is 25.1 Å². The zero-order chi connectivity index (χ0) is 18.0. The summed E-state index contributed by atoms with van der Waals surface area (Å²) < 4.78 is 5.91. The molecule has 6 nitrogen and oxygen atoms in total. The molecule has 1 aromatic carbocycles. The summed E-state index contributed by atoms with van der Waals surface area (Å²) in [6.07, 6.45) is 2.07. The predicted octanol–water partition coefficient (Wildman–Crippen LogP) is 0.839. The zero-order valence-electron chi connectivity index (χ0n) is 15.7. The van der Waals surface area contributed by atoms with Gasteiger partial charge in [0.05, 0.1) is 0 Å². The average molecular weight is 396 g/mol. The lowest BCUT2D eigenvalue weighted by molar-refractivity contribution is -0.183. The van der Waals surface area contributed by atoms with Crippen LogP contribution in [0.5, 0.6) is 0 Å². The molecule has 4 heterocycles. The van der Waals surface area contributed by atoms with E-state index < -0.39 is 11.6 Å². The fourth-order valence-electron chi connectivity index (χ4n) is 4.46. The van der Waals surface area contributed by atoms with Crippen LogP contribution < -0.4 is 5.32 Å². The molecule has 4 aliphatic rings. The fraction of sp³-hybridized carbons (Fsp3) is 0.650. The molecule has 4 saturated heterocycles. The number of hydrogen-bond acceptors (Lipinski definition) is 6. The van der Waals surface area contributed by atoms with Crippen LogP contribution in [-0.4, -0.2) is 79.3 Å². The van der Waals surface area contributed by atoms with Crippen molar-refractivity contribution < 1.29 is 14.6 Å². The van der Waals surface area contributed by atoms with Crippen LogP contribution in [0.25, 0.3) is 0 Å². The molecule has 0 saturated carbocycles. The van der Waals surface area contributed by atoms with Gasteiger partial charge in [0, 0.05) is 39.3 Å². The second-order valence-electron chi connectivity index (χ2n) is 7.83. The number of aliphatic hydroxyl groups is 1. The smallest absolute Gasteiger partial charge is 0.344 e. The maximum Gasteiger partial charge on any atom is 0.344 e. The van der Waals surface area contributed by atoms with E-state index in [4.69, 9.17) is 4.74 Å². The first-order valence-electron chi connectivity index (χ1n) is 9.79. The minimum absolute atomic E-state index is 0. The number of piperazine rings is 1. The number of esters is 1. The Bertz CT molecular complexity index is 618. The molecular weight excluding hydrogens is 366 g/mol. The summed E-state index contributed by atoms with van der Waals surface area (Å²) in [6.45, 7) is 6.67. The minimum atomic E-state index is -1.62. The standard InChI is InChI=1S/C20H29N3O3.ClH/c24-19(26-18-14-22-10-6-16(18)7-11-22)20(25,17-4-2-1-3-5-17)15-23-12-8-21-9-13-23;/h1-5,16,18,21,25H,6-15H2;1H. The van der Waals surface area contributed by atoms with Gasteiger partial charge in [-0.1, -0.05) is 30.3 Å². The van der Waals surface area contributed by atoms with Gasteiger partial charge >= 0.3 is 5.97 Å². The Morgan fingerprint density at radius 3 is 2.41 bits per heavy atom. The number of fused-ring (bicyclic) bond motifs is 3. The highest BCUT2D eigenvalue weighted by Gasteiger charge is 2.45. The number of hydrogen-bond donors (Lipinski definition) is 2. The summed E-state index contributed by atoms with van der Waals surface area (Å²) in [7, 11) is 0. The van der Waals surface area contributed by atoms with Gasteiger partial charge in [0.2, 0.25) is 0 Å². The highest BCUT2D eigenvalue weighted by Crippen LogP contribution is 2.32. The van der Waals surface area contributed by atoms with E-state index in [2.05, 4.69) is 15.1 Å². The number of nitrogens with zero attached hydrogens (tertiary/aromatic N) is 2. The minimum Gasteiger partial charge on any atom is -0.458 e. The molecule has 2 atom stereocenters. The molecule has 4 aliphatic heterocycles. The monoisotopic (exact) mass is 395 g/mol. The van der Waals surface area contributed by atoms with Gasteiger partial charge in [-0.25, -0.2) is 4.79 Å². The van der Waals surface area contributed by atoms with Crippen molar-refractivity contribution in [3.8, 4) is 0 Å². The Balaban J connectivity index is 0.00000210. The molecule has 2 unspecified atom stereocenters. The SMILES string of the molecule is Cl.O=C(OC1CN2CCC1CC2)C(O)(CN1CCNCC1)c1ccccc1. The number of carbonyl (C=O) groups excluding carboxylic acids is 1. The fourth-order valence-corrected chi connectivity index (χ4v) is 4.46. The maximum absolute atomic E-state index is 13.2. The van der Waals surface area contributed by atoms with E-state index in [1.807, 2.05) is 30.3 Å². The lowest BCUT2D eigenvalue weighted by Crippen LogP contribution is -2.56. The van der Waals surface area contributed by atoms with E-state index in [9.17, 15) is 9.90 Å². The Hall–Kier alpha value is -1.18. The lowest BCUT2D eigenvalue weighted by Gasteiger charge is -2.45. The Kier molecular flexibility index (Phi) is 6.76. The van der Waals surface area contributed by atoms with E-state index in [1.54, 1.807) is 0 Å². The first-order valence-corrected chi connectivity index (χ1v) is 9.79. The van der Waals surface area contributed by atoms with Gasteiger partial charge in [-0.15, -0.1) is 12.4 Å². The van der Waals surface area contributed by atoms with Gasteiger partial charge in [0.15, 0.2) is 5.60 Å². The summed E-state index contributed by atoms with van der Waals surface area (Å²) in [6, 6.07) is 9.26. The van der Waals surface area contributed by atoms with Crippen LogP contribution in [-0.2, 0) is 15.1 Å². The number of benzene rings is 1. The molecule has 4 fully saturated rings. The number of halogens is 1. The molecule has 2 bridgehead atoms.